The van der Waals surface area contributed by atoms with E-state index in [1.54, 1.807) is 6.92 Å². The molecule has 112 valence electrons. The first-order valence-electron chi connectivity index (χ1n) is 5.71. The van der Waals surface area contributed by atoms with Gasteiger partial charge in [-0.3, -0.25) is 4.79 Å². The standard InChI is InChI=1S/C12H8Cl3FN2O3/c1-2-18-4-6(11(20)21)8(19)5-3-7(16)9(12(13,14)15)17-10(5)18/h3-4H,2H2,1H3,(H,20,21). The molecule has 2 aromatic heterocycles. The molecule has 0 aliphatic heterocycles. The number of nitrogens with zero attached hydrogens (tertiary/aromatic N) is 2. The summed E-state index contributed by atoms with van der Waals surface area (Å²) in [6, 6.07) is 0.834. The molecule has 0 unspecified atom stereocenters. The molecular weight excluding hydrogens is 346 g/mol. The van der Waals surface area contributed by atoms with Crippen molar-refractivity contribution < 1.29 is 14.3 Å². The Labute approximate surface area is 132 Å². The first kappa shape index (κ1) is 16.0. The van der Waals surface area contributed by atoms with Crippen molar-refractivity contribution in [3.8, 4) is 0 Å². The van der Waals surface area contributed by atoms with Crippen molar-refractivity contribution in [1.82, 2.24) is 9.55 Å². The van der Waals surface area contributed by atoms with E-state index in [-0.39, 0.29) is 11.0 Å². The van der Waals surface area contributed by atoms with Crippen molar-refractivity contribution >= 4 is 51.8 Å². The van der Waals surface area contributed by atoms with E-state index in [9.17, 15) is 14.0 Å². The topological polar surface area (TPSA) is 72.2 Å². The molecule has 5 nitrogen and oxygen atoms in total. The van der Waals surface area contributed by atoms with Crippen LogP contribution in [-0.4, -0.2) is 20.6 Å². The van der Waals surface area contributed by atoms with Crippen molar-refractivity contribution in [1.29, 1.82) is 0 Å². The van der Waals surface area contributed by atoms with Crippen LogP contribution in [0, 0.1) is 5.82 Å². The highest BCUT2D eigenvalue weighted by Gasteiger charge is 2.30. The van der Waals surface area contributed by atoms with Crippen molar-refractivity contribution in [2.45, 2.75) is 17.3 Å². The van der Waals surface area contributed by atoms with Gasteiger partial charge in [-0.05, 0) is 13.0 Å². The first-order chi connectivity index (χ1) is 9.66. The molecule has 0 aromatic carbocycles. The lowest BCUT2D eigenvalue weighted by Gasteiger charge is -2.15. The fraction of sp³-hybridized carbons (Fsp3) is 0.250. The number of aromatic carboxylic acids is 1. The number of hydrogen-bond donors (Lipinski definition) is 1. The van der Waals surface area contributed by atoms with Crippen LogP contribution in [0.3, 0.4) is 0 Å². The van der Waals surface area contributed by atoms with Crippen LogP contribution in [0.5, 0.6) is 0 Å². The number of carboxylic acids is 1. The Balaban J connectivity index is 2.95. The van der Waals surface area contributed by atoms with Gasteiger partial charge in [0, 0.05) is 12.7 Å². The quantitative estimate of drug-likeness (QED) is 0.842. The zero-order chi connectivity index (χ0) is 15.9. The second kappa shape index (κ2) is 5.44. The second-order valence-corrected chi connectivity index (χ2v) is 6.43. The van der Waals surface area contributed by atoms with Crippen molar-refractivity contribution in [3.63, 3.8) is 0 Å². The number of aromatic nitrogens is 2. The summed E-state index contributed by atoms with van der Waals surface area (Å²) >= 11 is 16.9. The lowest BCUT2D eigenvalue weighted by molar-refractivity contribution is 0.0695. The van der Waals surface area contributed by atoms with Crippen molar-refractivity contribution in [2.24, 2.45) is 0 Å². The number of halogens is 4. The number of pyridine rings is 2. The zero-order valence-corrected chi connectivity index (χ0v) is 12.8. The molecule has 0 saturated heterocycles. The number of carbonyl (C=O) groups is 1. The minimum atomic E-state index is -2.10. The van der Waals surface area contributed by atoms with E-state index in [1.807, 2.05) is 0 Å². The molecule has 2 heterocycles. The third-order valence-electron chi connectivity index (χ3n) is 2.84. The lowest BCUT2D eigenvalue weighted by Crippen LogP contribution is -2.21. The van der Waals surface area contributed by atoms with E-state index in [4.69, 9.17) is 39.9 Å². The van der Waals surface area contributed by atoms with Gasteiger partial charge < -0.3 is 9.67 Å². The molecule has 0 radical (unpaired) electrons. The van der Waals surface area contributed by atoms with Crippen LogP contribution in [0.4, 0.5) is 4.39 Å². The summed E-state index contributed by atoms with van der Waals surface area (Å²) in [6.45, 7) is 2.00. The average Bonchev–Trinajstić information content (AvgIpc) is 2.37. The molecule has 21 heavy (non-hydrogen) atoms. The van der Waals surface area contributed by atoms with Crippen LogP contribution >= 0.6 is 34.8 Å². The SMILES string of the molecule is CCn1cc(C(=O)O)c(=O)c2cc(F)c(C(Cl)(Cl)Cl)nc21. The lowest BCUT2D eigenvalue weighted by atomic mass is 10.1. The first-order valence-corrected chi connectivity index (χ1v) is 6.84. The summed E-state index contributed by atoms with van der Waals surface area (Å²) in [7, 11) is 0. The monoisotopic (exact) mass is 352 g/mol. The van der Waals surface area contributed by atoms with Gasteiger partial charge in [0.2, 0.25) is 9.22 Å². The largest absolute Gasteiger partial charge is 0.477 e. The minimum Gasteiger partial charge on any atom is -0.477 e. The van der Waals surface area contributed by atoms with Crippen LogP contribution in [0.2, 0.25) is 0 Å². The summed E-state index contributed by atoms with van der Waals surface area (Å²) in [5, 5.41) is 8.82. The predicted molar refractivity (Wildman–Crippen MR) is 77.8 cm³/mol. The van der Waals surface area contributed by atoms with E-state index >= 15 is 0 Å². The highest BCUT2D eigenvalue weighted by atomic mass is 35.6. The minimum absolute atomic E-state index is 0.0511. The van der Waals surface area contributed by atoms with Gasteiger partial charge in [0.25, 0.3) is 0 Å². The molecule has 0 atom stereocenters. The highest BCUT2D eigenvalue weighted by Crippen LogP contribution is 2.38. The predicted octanol–water partition coefficient (Wildman–Crippen LogP) is 3.08. The van der Waals surface area contributed by atoms with Gasteiger partial charge in [-0.2, -0.15) is 0 Å². The fourth-order valence-electron chi connectivity index (χ4n) is 1.88. The van der Waals surface area contributed by atoms with E-state index in [2.05, 4.69) is 4.98 Å². The fourth-order valence-corrected chi connectivity index (χ4v) is 2.28. The summed E-state index contributed by atoms with van der Waals surface area (Å²) in [4.78, 5) is 27.0. The Hall–Kier alpha value is -1.37. The van der Waals surface area contributed by atoms with Crippen molar-refractivity contribution in [2.75, 3.05) is 0 Å². The summed E-state index contributed by atoms with van der Waals surface area (Å²) < 4.78 is 13.2. The Morgan fingerprint density at radius 3 is 2.57 bits per heavy atom. The van der Waals surface area contributed by atoms with Gasteiger partial charge in [-0.15, -0.1) is 0 Å². The second-order valence-electron chi connectivity index (χ2n) is 4.15. The Morgan fingerprint density at radius 1 is 1.48 bits per heavy atom. The normalized spacial score (nSPS) is 11.9. The molecule has 0 aliphatic rings. The van der Waals surface area contributed by atoms with Gasteiger partial charge in [0.15, 0.2) is 0 Å². The van der Waals surface area contributed by atoms with Crippen molar-refractivity contribution in [3.05, 3.63) is 39.6 Å². The number of fused-ring (bicyclic) bond motifs is 1. The Kier molecular flexibility index (Phi) is 4.15. The molecule has 0 saturated carbocycles. The summed E-state index contributed by atoms with van der Waals surface area (Å²) in [5.74, 6) is -2.40. The smallest absolute Gasteiger partial charge is 0.341 e. The number of aryl methyl sites for hydroxylation is 1. The Morgan fingerprint density at radius 2 is 2.10 bits per heavy atom. The van der Waals surface area contributed by atoms with Crippen LogP contribution < -0.4 is 5.43 Å². The molecule has 0 aliphatic carbocycles. The Bertz CT molecular complexity index is 799. The molecular formula is C12H8Cl3FN2O3. The van der Waals surface area contributed by atoms with Crippen LogP contribution in [0.1, 0.15) is 23.0 Å². The average molecular weight is 354 g/mol. The zero-order valence-electron chi connectivity index (χ0n) is 10.5. The highest BCUT2D eigenvalue weighted by molar-refractivity contribution is 6.66. The molecule has 0 fully saturated rings. The van der Waals surface area contributed by atoms with Gasteiger partial charge in [0.05, 0.1) is 5.39 Å². The maximum absolute atomic E-state index is 14.0. The number of alkyl halides is 3. The summed E-state index contributed by atoms with van der Waals surface area (Å²) in [6.07, 6.45) is 1.13. The number of carboxylic acid groups (broad SMARTS) is 1. The maximum Gasteiger partial charge on any atom is 0.341 e. The number of rotatable bonds is 2. The number of hydrogen-bond acceptors (Lipinski definition) is 3. The van der Waals surface area contributed by atoms with E-state index in [0.717, 1.165) is 12.3 Å². The van der Waals surface area contributed by atoms with E-state index in [0.29, 0.717) is 6.54 Å². The third-order valence-corrected chi connectivity index (χ3v) is 3.38. The van der Waals surface area contributed by atoms with Crippen LogP contribution in [-0.2, 0) is 10.3 Å². The van der Waals surface area contributed by atoms with Gasteiger partial charge >= 0.3 is 5.97 Å². The molecule has 9 heteroatoms. The van der Waals surface area contributed by atoms with Gasteiger partial charge in [0.1, 0.15) is 22.7 Å². The third kappa shape index (κ3) is 2.84. The molecule has 2 aromatic rings. The molecule has 2 rings (SSSR count). The summed E-state index contributed by atoms with van der Waals surface area (Å²) in [5.41, 5.74) is -1.73. The maximum atomic E-state index is 14.0. The van der Waals surface area contributed by atoms with Gasteiger partial charge in [-0.1, -0.05) is 34.8 Å². The van der Waals surface area contributed by atoms with E-state index in [1.165, 1.54) is 4.57 Å². The molecule has 0 spiro atoms. The van der Waals surface area contributed by atoms with Crippen LogP contribution in [0.15, 0.2) is 17.1 Å². The molecule has 0 bridgehead atoms. The molecule has 1 N–H and O–H groups in total. The van der Waals surface area contributed by atoms with Gasteiger partial charge in [-0.25, -0.2) is 14.2 Å². The van der Waals surface area contributed by atoms with Crippen LogP contribution in [0.25, 0.3) is 11.0 Å². The van der Waals surface area contributed by atoms with E-state index < -0.39 is 32.3 Å². The molecule has 0 amide bonds.